The summed E-state index contributed by atoms with van der Waals surface area (Å²) in [5.41, 5.74) is 0.453. The highest BCUT2D eigenvalue weighted by molar-refractivity contribution is 6.01. The van der Waals surface area contributed by atoms with E-state index in [1.807, 2.05) is 17.4 Å². The summed E-state index contributed by atoms with van der Waals surface area (Å²) in [6, 6.07) is 12.1. The van der Waals surface area contributed by atoms with Crippen LogP contribution in [0.15, 0.2) is 48.5 Å². The van der Waals surface area contributed by atoms with Gasteiger partial charge in [-0.3, -0.25) is 14.6 Å². The summed E-state index contributed by atoms with van der Waals surface area (Å²) in [7, 11) is 1.48. The van der Waals surface area contributed by atoms with Crippen molar-refractivity contribution >= 4 is 22.6 Å². The molecule has 0 unspecified atom stereocenters. The standard InChI is InChI=1S/C34H35F8N3O4/c1-49-27-9-8-20-10-13-45(18-28(35)36)17-25(20)29(27)24-7-3-5-22-21(4-2-6-23(22)24)16-26(30(46)47)43-31(48)32(34(40,41)42)11-14-44(15-12-32)19-33(37,38)39/h2-9,26,28H,10-19H2,1H3,(H,43,48)(H,46,47)/t26-/m0/s1. The topological polar surface area (TPSA) is 82.1 Å². The number of nitrogens with one attached hydrogen (secondary N) is 1. The maximum absolute atomic E-state index is 14.4. The van der Waals surface area contributed by atoms with Crippen LogP contribution in [-0.2, 0) is 29.0 Å². The van der Waals surface area contributed by atoms with Gasteiger partial charge in [-0.15, -0.1) is 0 Å². The van der Waals surface area contributed by atoms with Crippen molar-refractivity contribution in [3.05, 3.63) is 65.2 Å². The number of piperidine rings is 1. The largest absolute Gasteiger partial charge is 0.496 e. The van der Waals surface area contributed by atoms with Crippen molar-refractivity contribution in [2.45, 2.75) is 57.0 Å². The van der Waals surface area contributed by atoms with Crippen molar-refractivity contribution in [2.24, 2.45) is 5.41 Å². The van der Waals surface area contributed by atoms with Crippen molar-refractivity contribution in [1.82, 2.24) is 15.1 Å². The minimum atomic E-state index is -5.14. The Morgan fingerprint density at radius 2 is 1.61 bits per heavy atom. The van der Waals surface area contributed by atoms with Crippen molar-refractivity contribution in [1.29, 1.82) is 0 Å². The zero-order chi connectivity index (χ0) is 35.7. The van der Waals surface area contributed by atoms with Crippen LogP contribution in [-0.4, -0.2) is 91.4 Å². The predicted molar refractivity (Wildman–Crippen MR) is 164 cm³/mol. The van der Waals surface area contributed by atoms with E-state index in [9.17, 15) is 49.8 Å². The van der Waals surface area contributed by atoms with Gasteiger partial charge < -0.3 is 15.2 Å². The predicted octanol–water partition coefficient (Wildman–Crippen LogP) is 6.46. The van der Waals surface area contributed by atoms with Gasteiger partial charge in [-0.1, -0.05) is 42.5 Å². The van der Waals surface area contributed by atoms with Gasteiger partial charge in [-0.05, 0) is 71.4 Å². The van der Waals surface area contributed by atoms with E-state index >= 15 is 0 Å². The number of carboxylic acid groups (broad SMARTS) is 1. The number of hydrogen-bond acceptors (Lipinski definition) is 5. The minimum absolute atomic E-state index is 0.240. The number of carbonyl (C=O) groups is 2. The maximum Gasteiger partial charge on any atom is 0.403 e. The quantitative estimate of drug-likeness (QED) is 0.237. The van der Waals surface area contributed by atoms with E-state index in [-0.39, 0.29) is 6.54 Å². The number of aliphatic carboxylic acids is 1. The van der Waals surface area contributed by atoms with Crippen LogP contribution < -0.4 is 10.1 Å². The summed E-state index contributed by atoms with van der Waals surface area (Å²) < 4.78 is 114. The van der Waals surface area contributed by atoms with Crippen LogP contribution in [0.1, 0.15) is 29.5 Å². The van der Waals surface area contributed by atoms with Crippen molar-refractivity contribution in [2.75, 3.05) is 39.8 Å². The fourth-order valence-corrected chi connectivity index (χ4v) is 6.96. The number of halogens is 8. The molecule has 0 saturated carbocycles. The van der Waals surface area contributed by atoms with Crippen LogP contribution in [0.3, 0.4) is 0 Å². The number of amides is 1. The molecule has 0 aromatic heterocycles. The summed E-state index contributed by atoms with van der Waals surface area (Å²) in [5, 5.41) is 13.3. The molecule has 1 saturated heterocycles. The molecule has 0 spiro atoms. The Bertz CT molecular complexity index is 1690. The van der Waals surface area contributed by atoms with E-state index in [1.54, 1.807) is 41.3 Å². The van der Waals surface area contributed by atoms with Crippen LogP contribution in [0, 0.1) is 5.41 Å². The fourth-order valence-electron chi connectivity index (χ4n) is 6.96. The monoisotopic (exact) mass is 701 g/mol. The van der Waals surface area contributed by atoms with Crippen LogP contribution in [0.2, 0.25) is 0 Å². The SMILES string of the molecule is COc1ccc2c(c1-c1cccc3c(C[C@H](NC(=O)C4(C(F)(F)F)CCN(CC(F)(F)F)CC4)C(=O)O)cccc13)CN(CC(F)F)CC2. The number of alkyl halides is 8. The third-order valence-electron chi connectivity index (χ3n) is 9.47. The average molecular weight is 702 g/mol. The number of ether oxygens (including phenoxy) is 1. The lowest BCUT2D eigenvalue weighted by Crippen LogP contribution is -2.59. The van der Waals surface area contributed by atoms with Gasteiger partial charge in [-0.2, -0.15) is 26.3 Å². The number of likely N-dealkylation sites (tertiary alicyclic amines) is 1. The molecule has 7 nitrogen and oxygen atoms in total. The molecule has 0 radical (unpaired) electrons. The Balaban J connectivity index is 1.46. The van der Waals surface area contributed by atoms with E-state index in [0.29, 0.717) is 46.2 Å². The van der Waals surface area contributed by atoms with E-state index in [2.05, 4.69) is 0 Å². The molecule has 0 bridgehead atoms. The molecule has 1 atom stereocenters. The first-order valence-electron chi connectivity index (χ1n) is 15.6. The highest BCUT2D eigenvalue weighted by Gasteiger charge is 2.61. The molecule has 49 heavy (non-hydrogen) atoms. The molecule has 2 aliphatic heterocycles. The lowest BCUT2D eigenvalue weighted by Gasteiger charge is -2.42. The van der Waals surface area contributed by atoms with Crippen molar-refractivity contribution in [3.8, 4) is 16.9 Å². The molecule has 1 fully saturated rings. The number of carbonyl (C=O) groups excluding carboxylic acids is 1. The van der Waals surface area contributed by atoms with Gasteiger partial charge in [0.2, 0.25) is 5.91 Å². The first-order chi connectivity index (χ1) is 23.0. The Labute approximate surface area is 276 Å². The maximum atomic E-state index is 14.4. The molecule has 2 aliphatic rings. The Kier molecular flexibility index (Phi) is 10.4. The van der Waals surface area contributed by atoms with Gasteiger partial charge in [0.05, 0.1) is 20.2 Å². The molecule has 5 rings (SSSR count). The van der Waals surface area contributed by atoms with Gasteiger partial charge in [-0.25, -0.2) is 13.6 Å². The Morgan fingerprint density at radius 1 is 0.939 bits per heavy atom. The second-order valence-electron chi connectivity index (χ2n) is 12.5. The summed E-state index contributed by atoms with van der Waals surface area (Å²) in [6.45, 7) is -2.43. The highest BCUT2D eigenvalue weighted by atomic mass is 19.4. The van der Waals surface area contributed by atoms with Crippen molar-refractivity contribution < 1.29 is 54.6 Å². The highest BCUT2D eigenvalue weighted by Crippen LogP contribution is 2.47. The summed E-state index contributed by atoms with van der Waals surface area (Å²) in [5.74, 6) is -2.70. The minimum Gasteiger partial charge on any atom is -0.496 e. The van der Waals surface area contributed by atoms with E-state index in [1.165, 1.54) is 7.11 Å². The number of benzene rings is 3. The molecule has 2 heterocycles. The Hall–Kier alpha value is -3.98. The number of methoxy groups -OCH3 is 1. The third-order valence-corrected chi connectivity index (χ3v) is 9.47. The van der Waals surface area contributed by atoms with Gasteiger partial charge in [0.25, 0.3) is 6.43 Å². The van der Waals surface area contributed by atoms with Crippen LogP contribution in [0.25, 0.3) is 21.9 Å². The van der Waals surface area contributed by atoms with Crippen LogP contribution >= 0.6 is 0 Å². The molecular weight excluding hydrogens is 666 g/mol. The third kappa shape index (κ3) is 7.77. The molecular formula is C34H35F8N3O4. The van der Waals surface area contributed by atoms with Crippen LogP contribution in [0.5, 0.6) is 5.75 Å². The normalized spacial score (nSPS) is 17.9. The van der Waals surface area contributed by atoms with Crippen molar-refractivity contribution in [3.63, 3.8) is 0 Å². The number of fused-ring (bicyclic) bond motifs is 2. The lowest BCUT2D eigenvalue weighted by molar-refractivity contribution is -0.236. The summed E-state index contributed by atoms with van der Waals surface area (Å²) in [6.07, 6.45) is -14.1. The zero-order valence-electron chi connectivity index (χ0n) is 26.4. The average Bonchev–Trinajstić information content (AvgIpc) is 3.02. The molecule has 3 aromatic rings. The number of carboxylic acids is 1. The fraction of sp³-hybridized carbons (Fsp3) is 0.471. The molecule has 15 heteroatoms. The smallest absolute Gasteiger partial charge is 0.403 e. The van der Waals surface area contributed by atoms with E-state index in [4.69, 9.17) is 4.74 Å². The van der Waals surface area contributed by atoms with Gasteiger partial charge >= 0.3 is 18.3 Å². The Morgan fingerprint density at radius 3 is 2.22 bits per heavy atom. The molecule has 266 valence electrons. The van der Waals surface area contributed by atoms with Gasteiger partial charge in [0.1, 0.15) is 17.2 Å². The molecule has 2 N–H and O–H groups in total. The summed E-state index contributed by atoms with van der Waals surface area (Å²) >= 11 is 0. The number of rotatable bonds is 10. The first kappa shape index (κ1) is 36.3. The second kappa shape index (κ2) is 14.1. The number of hydrogen-bond donors (Lipinski definition) is 2. The van der Waals surface area contributed by atoms with Gasteiger partial charge in [0.15, 0.2) is 0 Å². The van der Waals surface area contributed by atoms with E-state index in [0.717, 1.165) is 16.0 Å². The summed E-state index contributed by atoms with van der Waals surface area (Å²) in [4.78, 5) is 28.1. The molecule has 0 aliphatic carbocycles. The molecule has 3 aromatic carbocycles. The first-order valence-corrected chi connectivity index (χ1v) is 15.6. The van der Waals surface area contributed by atoms with Crippen LogP contribution in [0.4, 0.5) is 35.1 Å². The van der Waals surface area contributed by atoms with E-state index < -0.39 is 87.6 Å². The lowest BCUT2D eigenvalue weighted by atomic mass is 9.76. The molecule has 1 amide bonds. The number of nitrogens with zero attached hydrogens (tertiary/aromatic N) is 2. The van der Waals surface area contributed by atoms with Gasteiger partial charge in [0, 0.05) is 25.1 Å². The second-order valence-corrected chi connectivity index (χ2v) is 12.5. The zero-order valence-corrected chi connectivity index (χ0v) is 26.4.